The van der Waals surface area contributed by atoms with Gasteiger partial charge in [-0.05, 0) is 47.2 Å². The Morgan fingerprint density at radius 2 is 1.64 bits per heavy atom. The van der Waals surface area contributed by atoms with E-state index in [2.05, 4.69) is 35.1 Å². The molecule has 0 heterocycles. The molecule has 3 aromatic carbocycles. The van der Waals surface area contributed by atoms with Gasteiger partial charge in [-0.25, -0.2) is 0 Å². The van der Waals surface area contributed by atoms with E-state index in [0.29, 0.717) is 25.3 Å². The summed E-state index contributed by atoms with van der Waals surface area (Å²) < 4.78 is 6.95. The zero-order valence-electron chi connectivity index (χ0n) is 21.2. The van der Waals surface area contributed by atoms with E-state index in [4.69, 9.17) is 4.74 Å². The molecule has 0 saturated heterocycles. The van der Waals surface area contributed by atoms with Crippen LogP contribution in [0.2, 0.25) is 0 Å². The first-order valence-corrected chi connectivity index (χ1v) is 13.3. The molecule has 0 aliphatic carbocycles. The summed E-state index contributed by atoms with van der Waals surface area (Å²) in [5.74, 6) is 0.561. The van der Waals surface area contributed by atoms with E-state index in [9.17, 15) is 9.59 Å². The second kappa shape index (κ2) is 13.8. The van der Waals surface area contributed by atoms with Gasteiger partial charge in [0.15, 0.2) is 6.61 Å². The van der Waals surface area contributed by atoms with Gasteiger partial charge in [-0.1, -0.05) is 97.4 Å². The van der Waals surface area contributed by atoms with Crippen molar-refractivity contribution in [2.75, 3.05) is 13.2 Å². The third kappa shape index (κ3) is 7.95. The third-order valence-electron chi connectivity index (χ3n) is 5.95. The van der Waals surface area contributed by atoms with Gasteiger partial charge in [0.1, 0.15) is 11.8 Å². The lowest BCUT2D eigenvalue weighted by Gasteiger charge is -2.31. The lowest BCUT2D eigenvalue weighted by atomic mass is 10.0. The number of amides is 2. The summed E-state index contributed by atoms with van der Waals surface area (Å²) in [5, 5.41) is 3.00. The fraction of sp³-hybridized carbons (Fsp3) is 0.333. The van der Waals surface area contributed by atoms with Gasteiger partial charge >= 0.3 is 0 Å². The Hall–Kier alpha value is -3.12. The minimum atomic E-state index is -0.672. The molecule has 2 amide bonds. The molecule has 3 aromatic rings. The number of rotatable bonds is 12. The Labute approximate surface area is 223 Å². The molecule has 1 N–H and O–H groups in total. The molecule has 0 aliphatic heterocycles. The summed E-state index contributed by atoms with van der Waals surface area (Å²) in [7, 11) is 0. The number of halogens is 1. The van der Waals surface area contributed by atoms with E-state index in [-0.39, 0.29) is 24.3 Å². The number of hydrogen-bond donors (Lipinski definition) is 1. The van der Waals surface area contributed by atoms with Crippen molar-refractivity contribution >= 4 is 27.7 Å². The fourth-order valence-corrected chi connectivity index (χ4v) is 4.51. The second-order valence-electron chi connectivity index (χ2n) is 9.13. The molecular formula is C30H35BrN2O3. The predicted octanol–water partition coefficient (Wildman–Crippen LogP) is 6.12. The maximum absolute atomic E-state index is 13.7. The van der Waals surface area contributed by atoms with Crippen LogP contribution in [-0.2, 0) is 22.6 Å². The van der Waals surface area contributed by atoms with Crippen molar-refractivity contribution in [3.05, 3.63) is 100 Å². The third-order valence-corrected chi connectivity index (χ3v) is 6.45. The first-order chi connectivity index (χ1) is 17.4. The highest BCUT2D eigenvalue weighted by Gasteiger charge is 2.30. The standard InChI is InChI=1S/C30H35BrN2O3/c1-4-17-32-30(35)27(19-23-11-6-5-7-12-23)33(20-24-13-10-14-25(31)18-24)29(34)21-36-28-16-9-8-15-26(28)22(2)3/h5-16,18,22,27H,4,17,19-21H2,1-3H3,(H,32,35)/t27-/m1/s1. The molecule has 3 rings (SSSR count). The van der Waals surface area contributed by atoms with Gasteiger partial charge in [0.05, 0.1) is 0 Å². The van der Waals surface area contributed by atoms with Crippen LogP contribution in [0.3, 0.4) is 0 Å². The van der Waals surface area contributed by atoms with Crippen molar-refractivity contribution in [1.82, 2.24) is 10.2 Å². The number of carbonyl (C=O) groups excluding carboxylic acids is 2. The Kier molecular flexibility index (Phi) is 10.6. The minimum Gasteiger partial charge on any atom is -0.483 e. The molecule has 0 radical (unpaired) electrons. The maximum Gasteiger partial charge on any atom is 0.261 e. The number of ether oxygens (including phenoxy) is 1. The molecule has 0 fully saturated rings. The molecule has 0 spiro atoms. The molecule has 0 aliphatic rings. The van der Waals surface area contributed by atoms with Gasteiger partial charge in [-0.15, -0.1) is 0 Å². The average Bonchev–Trinajstić information content (AvgIpc) is 2.88. The van der Waals surface area contributed by atoms with Crippen molar-refractivity contribution in [3.8, 4) is 5.75 Å². The SMILES string of the molecule is CCCNC(=O)[C@@H](Cc1ccccc1)N(Cc1cccc(Br)c1)C(=O)COc1ccccc1C(C)C. The van der Waals surface area contributed by atoms with Crippen LogP contribution in [0.1, 0.15) is 49.8 Å². The largest absolute Gasteiger partial charge is 0.483 e. The second-order valence-corrected chi connectivity index (χ2v) is 10.0. The van der Waals surface area contributed by atoms with Gasteiger partial charge in [0, 0.05) is 24.0 Å². The lowest BCUT2D eigenvalue weighted by molar-refractivity contribution is -0.142. The van der Waals surface area contributed by atoms with E-state index in [1.54, 1.807) is 4.90 Å². The molecule has 6 heteroatoms. The zero-order chi connectivity index (χ0) is 25.9. The van der Waals surface area contributed by atoms with Crippen molar-refractivity contribution in [2.24, 2.45) is 0 Å². The van der Waals surface area contributed by atoms with Gasteiger partial charge in [0.25, 0.3) is 5.91 Å². The summed E-state index contributed by atoms with van der Waals surface area (Å²) in [6.07, 6.45) is 1.23. The number of nitrogens with zero attached hydrogens (tertiary/aromatic N) is 1. The lowest BCUT2D eigenvalue weighted by Crippen LogP contribution is -2.51. The number of nitrogens with one attached hydrogen (secondary N) is 1. The number of carbonyl (C=O) groups is 2. The van der Waals surface area contributed by atoms with E-state index < -0.39 is 6.04 Å². The van der Waals surface area contributed by atoms with E-state index in [0.717, 1.165) is 27.6 Å². The van der Waals surface area contributed by atoms with E-state index in [1.165, 1.54) is 0 Å². The molecule has 0 aromatic heterocycles. The highest BCUT2D eigenvalue weighted by molar-refractivity contribution is 9.10. The van der Waals surface area contributed by atoms with Crippen LogP contribution in [0.5, 0.6) is 5.75 Å². The minimum absolute atomic E-state index is 0.149. The highest BCUT2D eigenvalue weighted by atomic mass is 79.9. The fourth-order valence-electron chi connectivity index (χ4n) is 4.06. The van der Waals surface area contributed by atoms with Crippen LogP contribution >= 0.6 is 15.9 Å². The first-order valence-electron chi connectivity index (χ1n) is 12.5. The van der Waals surface area contributed by atoms with Crippen molar-refractivity contribution in [1.29, 1.82) is 0 Å². The quantitative estimate of drug-likeness (QED) is 0.295. The van der Waals surface area contributed by atoms with Crippen LogP contribution in [0, 0.1) is 0 Å². The summed E-state index contributed by atoms with van der Waals surface area (Å²) in [4.78, 5) is 28.7. The number of benzene rings is 3. The van der Waals surface area contributed by atoms with Gasteiger partial charge in [-0.3, -0.25) is 9.59 Å². The number of para-hydroxylation sites is 1. The molecule has 36 heavy (non-hydrogen) atoms. The predicted molar refractivity (Wildman–Crippen MR) is 148 cm³/mol. The monoisotopic (exact) mass is 550 g/mol. The van der Waals surface area contributed by atoms with E-state index >= 15 is 0 Å². The molecule has 1 atom stereocenters. The topological polar surface area (TPSA) is 58.6 Å². The van der Waals surface area contributed by atoms with Crippen LogP contribution in [0.4, 0.5) is 0 Å². The summed E-state index contributed by atoms with van der Waals surface area (Å²) >= 11 is 3.52. The smallest absolute Gasteiger partial charge is 0.261 e. The average molecular weight is 552 g/mol. The van der Waals surface area contributed by atoms with Crippen LogP contribution < -0.4 is 10.1 Å². The molecule has 0 unspecified atom stereocenters. The van der Waals surface area contributed by atoms with Crippen molar-refractivity contribution in [2.45, 2.75) is 52.1 Å². The molecule has 190 valence electrons. The van der Waals surface area contributed by atoms with Crippen LogP contribution in [0.25, 0.3) is 0 Å². The van der Waals surface area contributed by atoms with Gasteiger partial charge < -0.3 is 15.0 Å². The van der Waals surface area contributed by atoms with Crippen LogP contribution in [-0.4, -0.2) is 35.9 Å². The van der Waals surface area contributed by atoms with Crippen molar-refractivity contribution < 1.29 is 14.3 Å². The maximum atomic E-state index is 13.7. The van der Waals surface area contributed by atoms with E-state index in [1.807, 2.05) is 85.8 Å². The number of hydrogen-bond acceptors (Lipinski definition) is 3. The molecular weight excluding hydrogens is 516 g/mol. The summed E-state index contributed by atoms with van der Waals surface area (Å²) in [6.45, 7) is 6.90. The molecule has 0 bridgehead atoms. The van der Waals surface area contributed by atoms with Gasteiger partial charge in [-0.2, -0.15) is 0 Å². The summed E-state index contributed by atoms with van der Waals surface area (Å²) in [6, 6.07) is 24.7. The first kappa shape index (κ1) is 27.5. The van der Waals surface area contributed by atoms with Crippen LogP contribution in [0.15, 0.2) is 83.3 Å². The summed E-state index contributed by atoms with van der Waals surface area (Å²) in [5.41, 5.74) is 2.97. The Balaban J connectivity index is 1.91. The molecule has 0 saturated carbocycles. The zero-order valence-corrected chi connectivity index (χ0v) is 22.8. The Morgan fingerprint density at radius 3 is 2.33 bits per heavy atom. The van der Waals surface area contributed by atoms with Gasteiger partial charge in [0.2, 0.25) is 5.91 Å². The Bertz CT molecular complexity index is 1130. The highest BCUT2D eigenvalue weighted by Crippen LogP contribution is 2.26. The Morgan fingerprint density at radius 1 is 0.944 bits per heavy atom. The molecule has 5 nitrogen and oxygen atoms in total. The normalized spacial score (nSPS) is 11.7. The van der Waals surface area contributed by atoms with Crippen molar-refractivity contribution in [3.63, 3.8) is 0 Å².